The van der Waals surface area contributed by atoms with E-state index in [4.69, 9.17) is 13.8 Å². The van der Waals surface area contributed by atoms with E-state index in [1.165, 1.54) is 36.0 Å². The summed E-state index contributed by atoms with van der Waals surface area (Å²) in [7, 11) is -2.73. The molecule has 0 spiro atoms. The molecule has 2 aromatic carbocycles. The molecule has 1 unspecified atom stereocenters. The number of quaternary nitrogens is 1. The minimum Gasteiger partial charge on any atom is -0.472 e. The molecular formula is C29H29F2N4O6S+. The smallest absolute Gasteiger partial charge is 0.355 e. The van der Waals surface area contributed by atoms with Gasteiger partial charge in [0.25, 0.3) is 5.82 Å². The van der Waals surface area contributed by atoms with Crippen LogP contribution < -0.4 is 19.8 Å². The van der Waals surface area contributed by atoms with Gasteiger partial charge in [-0.15, -0.1) is 4.65 Å². The van der Waals surface area contributed by atoms with E-state index >= 15 is 0 Å². The maximum Gasteiger partial charge on any atom is 0.355 e. The Morgan fingerprint density at radius 2 is 1.69 bits per heavy atom. The second-order valence-corrected chi connectivity index (χ2v) is 12.3. The van der Waals surface area contributed by atoms with E-state index in [9.17, 15) is 22.0 Å². The lowest BCUT2D eigenvalue weighted by atomic mass is 10.1. The molecule has 2 aromatic heterocycles. The van der Waals surface area contributed by atoms with Gasteiger partial charge in [-0.05, 0) is 69.7 Å². The lowest BCUT2D eigenvalue weighted by Crippen LogP contribution is -2.58. The van der Waals surface area contributed by atoms with E-state index < -0.39 is 43.4 Å². The normalized spacial score (nSPS) is 17.6. The fraction of sp³-hybridized carbons (Fsp3) is 0.276. The SMILES string of the molecule is Cc1ccc(S(=O)(=O)O[N+]2(C)c3cc(OCc4cc(F)c(Oc5ccc(C)nc5)c(F)c4)nc(=O)n3CC2(C)C)cc1. The summed E-state index contributed by atoms with van der Waals surface area (Å²) in [5.41, 5.74) is 0.113. The van der Waals surface area contributed by atoms with Crippen molar-refractivity contribution in [3.05, 3.63) is 99.7 Å². The summed E-state index contributed by atoms with van der Waals surface area (Å²) in [6.45, 7) is 6.89. The highest BCUT2D eigenvalue weighted by Gasteiger charge is 2.56. The Morgan fingerprint density at radius 1 is 1.02 bits per heavy atom. The molecular weight excluding hydrogens is 570 g/mol. The third-order valence-corrected chi connectivity index (χ3v) is 8.55. The molecule has 10 nitrogen and oxygen atoms in total. The fourth-order valence-electron chi connectivity index (χ4n) is 4.55. The summed E-state index contributed by atoms with van der Waals surface area (Å²) in [6.07, 6.45) is 1.35. The summed E-state index contributed by atoms with van der Waals surface area (Å²) in [5, 5.41) is 0. The first-order valence-electron chi connectivity index (χ1n) is 12.9. The molecule has 3 heterocycles. The number of halogens is 2. The van der Waals surface area contributed by atoms with E-state index in [-0.39, 0.29) is 41.1 Å². The summed E-state index contributed by atoms with van der Waals surface area (Å²) < 4.78 is 73.5. The number of hydrogen-bond donors (Lipinski definition) is 0. The molecule has 4 aromatic rings. The highest BCUT2D eigenvalue weighted by atomic mass is 32.2. The van der Waals surface area contributed by atoms with Crippen molar-refractivity contribution < 1.29 is 31.0 Å². The van der Waals surface area contributed by atoms with Gasteiger partial charge in [-0.3, -0.25) is 4.98 Å². The molecule has 0 aliphatic carbocycles. The number of aryl methyl sites for hydroxylation is 2. The molecule has 0 bridgehead atoms. The van der Waals surface area contributed by atoms with Crippen molar-refractivity contribution in [1.29, 1.82) is 0 Å². The lowest BCUT2D eigenvalue weighted by molar-refractivity contribution is -0.0812. The Bertz CT molecular complexity index is 1800. The molecule has 1 aliphatic rings. The van der Waals surface area contributed by atoms with Gasteiger partial charge in [0.05, 0.1) is 23.7 Å². The molecule has 0 saturated heterocycles. The number of fused-ring (bicyclic) bond motifs is 1. The Kier molecular flexibility index (Phi) is 7.37. The average molecular weight is 600 g/mol. The van der Waals surface area contributed by atoms with Crippen molar-refractivity contribution in [3.63, 3.8) is 0 Å². The van der Waals surface area contributed by atoms with E-state index in [1.54, 1.807) is 45.0 Å². The van der Waals surface area contributed by atoms with Gasteiger partial charge in [0.15, 0.2) is 17.4 Å². The van der Waals surface area contributed by atoms with Crippen molar-refractivity contribution in [2.75, 3.05) is 7.05 Å². The first-order chi connectivity index (χ1) is 19.7. The molecule has 1 aliphatic heterocycles. The molecule has 220 valence electrons. The first kappa shape index (κ1) is 29.3. The van der Waals surface area contributed by atoms with Crippen molar-refractivity contribution >= 4 is 15.9 Å². The van der Waals surface area contributed by atoms with Crippen LogP contribution in [0.2, 0.25) is 0 Å². The van der Waals surface area contributed by atoms with E-state index in [0.29, 0.717) is 0 Å². The number of ether oxygens (including phenoxy) is 2. The summed E-state index contributed by atoms with van der Waals surface area (Å²) in [4.78, 5) is 20.9. The topological polar surface area (TPSA) is 110 Å². The quantitative estimate of drug-likeness (QED) is 0.262. The molecule has 5 rings (SSSR count). The predicted molar refractivity (Wildman–Crippen MR) is 149 cm³/mol. The number of rotatable bonds is 8. The van der Waals surface area contributed by atoms with Crippen LogP contribution in [0.4, 0.5) is 14.6 Å². The van der Waals surface area contributed by atoms with Gasteiger partial charge in [-0.1, -0.05) is 22.0 Å². The molecule has 42 heavy (non-hydrogen) atoms. The number of hydrogen-bond acceptors (Lipinski definition) is 8. The Hall–Kier alpha value is -4.20. The third kappa shape index (κ3) is 5.50. The molecule has 0 N–H and O–H groups in total. The van der Waals surface area contributed by atoms with Crippen molar-refractivity contribution in [3.8, 4) is 17.4 Å². The van der Waals surface area contributed by atoms with Crippen LogP contribution in [-0.2, 0) is 27.6 Å². The van der Waals surface area contributed by atoms with Gasteiger partial charge in [0.2, 0.25) is 5.88 Å². The predicted octanol–water partition coefficient (Wildman–Crippen LogP) is 4.95. The highest BCUT2D eigenvalue weighted by molar-refractivity contribution is 7.86. The van der Waals surface area contributed by atoms with Crippen LogP contribution in [0, 0.1) is 25.5 Å². The number of aromatic nitrogens is 3. The minimum absolute atomic E-state index is 0.0373. The Balaban J connectivity index is 1.40. The molecule has 1 atom stereocenters. The van der Waals surface area contributed by atoms with Crippen LogP contribution in [0.5, 0.6) is 17.4 Å². The molecule has 0 fully saturated rings. The van der Waals surface area contributed by atoms with Crippen LogP contribution in [0.3, 0.4) is 0 Å². The summed E-state index contributed by atoms with van der Waals surface area (Å²) in [6, 6.07) is 12.9. The molecule has 0 amide bonds. The second kappa shape index (κ2) is 10.6. The fourth-order valence-corrected chi connectivity index (χ4v) is 5.77. The van der Waals surface area contributed by atoms with Gasteiger partial charge in [-0.2, -0.15) is 13.4 Å². The number of nitrogens with zero attached hydrogens (tertiary/aromatic N) is 4. The number of benzene rings is 2. The number of hydroxylamine groups is 2. The summed E-state index contributed by atoms with van der Waals surface area (Å²) in [5.74, 6) is -2.34. The second-order valence-electron chi connectivity index (χ2n) is 10.8. The van der Waals surface area contributed by atoms with Crippen LogP contribution >= 0.6 is 0 Å². The van der Waals surface area contributed by atoms with Crippen LogP contribution in [0.25, 0.3) is 0 Å². The Morgan fingerprint density at radius 3 is 2.31 bits per heavy atom. The van der Waals surface area contributed by atoms with Gasteiger partial charge in [-0.25, -0.2) is 18.1 Å². The van der Waals surface area contributed by atoms with E-state index in [1.807, 2.05) is 6.92 Å². The van der Waals surface area contributed by atoms with Gasteiger partial charge >= 0.3 is 15.8 Å². The molecule has 13 heteroatoms. The van der Waals surface area contributed by atoms with Gasteiger partial charge < -0.3 is 9.47 Å². The van der Waals surface area contributed by atoms with Crippen molar-refractivity contribution in [2.45, 2.75) is 51.3 Å². The standard InChI is InChI=1S/C29H29F2N4O6S/c1-18-6-10-22(11-7-18)42(37,38)41-35(5)26-14-25(33-28(36)34(26)17-29(35,3)4)39-16-20-12-23(30)27(24(31)13-20)40-21-9-8-19(2)32-15-21/h6-15H,16-17H2,1-5H3/q+1. The van der Waals surface area contributed by atoms with Crippen molar-refractivity contribution in [1.82, 2.24) is 19.2 Å². The van der Waals surface area contributed by atoms with Crippen LogP contribution in [-0.4, -0.2) is 35.5 Å². The van der Waals surface area contributed by atoms with Crippen LogP contribution in [0.1, 0.15) is 30.7 Å². The maximum absolute atomic E-state index is 14.8. The maximum atomic E-state index is 14.8. The average Bonchev–Trinajstić information content (AvgIpc) is 3.11. The van der Waals surface area contributed by atoms with Crippen molar-refractivity contribution in [2.24, 2.45) is 0 Å². The number of pyridine rings is 1. The largest absolute Gasteiger partial charge is 0.472 e. The monoisotopic (exact) mass is 599 g/mol. The zero-order valence-corrected chi connectivity index (χ0v) is 24.4. The molecule has 0 radical (unpaired) electrons. The van der Waals surface area contributed by atoms with Gasteiger partial charge in [0, 0.05) is 5.69 Å². The van der Waals surface area contributed by atoms with E-state index in [0.717, 1.165) is 23.4 Å². The highest BCUT2D eigenvalue weighted by Crippen LogP contribution is 2.41. The summed E-state index contributed by atoms with van der Waals surface area (Å²) >= 11 is 0. The zero-order valence-electron chi connectivity index (χ0n) is 23.6. The van der Waals surface area contributed by atoms with Gasteiger partial charge in [0.1, 0.15) is 24.9 Å². The van der Waals surface area contributed by atoms with E-state index in [2.05, 4.69) is 9.97 Å². The lowest BCUT2D eigenvalue weighted by Gasteiger charge is -2.35. The zero-order chi connectivity index (χ0) is 30.4. The number of likely N-dealkylation sites (N-methyl/N-ethyl adjacent to an activating group) is 1. The minimum atomic E-state index is -4.26. The third-order valence-electron chi connectivity index (χ3n) is 7.21. The first-order valence-corrected chi connectivity index (χ1v) is 14.3. The van der Waals surface area contributed by atoms with Crippen LogP contribution in [0.15, 0.2) is 70.5 Å². The molecule has 0 saturated carbocycles. The Labute approximate surface area is 241 Å².